The predicted octanol–water partition coefficient (Wildman–Crippen LogP) is 3.72. The van der Waals surface area contributed by atoms with Crippen LogP contribution in [0.1, 0.15) is 19.8 Å². The van der Waals surface area contributed by atoms with Gasteiger partial charge in [-0.25, -0.2) is 0 Å². The second-order valence-electron chi connectivity index (χ2n) is 6.78. The maximum Gasteiger partial charge on any atom is 0.265 e. The quantitative estimate of drug-likeness (QED) is 0.812. The van der Waals surface area contributed by atoms with Crippen molar-refractivity contribution in [2.24, 2.45) is 0 Å². The van der Waals surface area contributed by atoms with Crippen molar-refractivity contribution in [1.29, 1.82) is 0 Å². The summed E-state index contributed by atoms with van der Waals surface area (Å²) in [5, 5.41) is 0.469. The van der Waals surface area contributed by atoms with Gasteiger partial charge in [0.1, 0.15) is 5.75 Å². The first-order valence-corrected chi connectivity index (χ1v) is 10.1. The Morgan fingerprint density at radius 2 is 1.89 bits per heavy atom. The summed E-state index contributed by atoms with van der Waals surface area (Å²) >= 11 is 1.82. The maximum absolute atomic E-state index is 13.0. The molecule has 5 nitrogen and oxygen atoms in total. The molecule has 4 rings (SSSR count). The number of fused-ring (bicyclic) bond motifs is 2. The van der Waals surface area contributed by atoms with Gasteiger partial charge >= 0.3 is 0 Å². The number of anilines is 2. The number of carbonyl (C=O) groups is 2. The van der Waals surface area contributed by atoms with Gasteiger partial charge in [-0.2, -0.15) is 0 Å². The highest BCUT2D eigenvalue weighted by Crippen LogP contribution is 2.37. The van der Waals surface area contributed by atoms with Crippen molar-refractivity contribution in [3.8, 4) is 5.75 Å². The molecule has 2 aliphatic heterocycles. The molecule has 0 N–H and O–H groups in total. The maximum atomic E-state index is 13.0. The van der Waals surface area contributed by atoms with Crippen LogP contribution in [0.25, 0.3) is 0 Å². The molecule has 1 atom stereocenters. The highest BCUT2D eigenvalue weighted by atomic mass is 32.2. The standard InChI is InChI=1S/C21H22N2O3S/c1-15-10-12-23(17-7-3-5-9-19(17)27-15)20(24)11-13-22-16-6-2-4-8-18(16)26-14-21(22)25/h2-9,15H,10-14H2,1H3. The molecule has 0 radical (unpaired) electrons. The zero-order valence-corrected chi connectivity index (χ0v) is 16.1. The molecule has 0 saturated heterocycles. The summed E-state index contributed by atoms with van der Waals surface area (Å²) in [5.74, 6) is 0.630. The van der Waals surface area contributed by atoms with E-state index in [1.165, 1.54) is 0 Å². The Morgan fingerprint density at radius 1 is 1.15 bits per heavy atom. The predicted molar refractivity (Wildman–Crippen MR) is 108 cm³/mol. The van der Waals surface area contributed by atoms with Crippen molar-refractivity contribution in [1.82, 2.24) is 0 Å². The smallest absolute Gasteiger partial charge is 0.265 e. The summed E-state index contributed by atoms with van der Waals surface area (Å²) in [6.45, 7) is 3.28. The molecule has 2 amide bonds. The van der Waals surface area contributed by atoms with E-state index in [0.717, 1.165) is 22.7 Å². The van der Waals surface area contributed by atoms with E-state index < -0.39 is 0 Å². The summed E-state index contributed by atoms with van der Waals surface area (Å²) < 4.78 is 5.47. The van der Waals surface area contributed by atoms with Gasteiger partial charge in [-0.1, -0.05) is 31.2 Å². The number of rotatable bonds is 3. The molecular formula is C21H22N2O3S. The zero-order chi connectivity index (χ0) is 18.8. The van der Waals surface area contributed by atoms with E-state index in [0.29, 0.717) is 24.1 Å². The molecule has 6 heteroatoms. The van der Waals surface area contributed by atoms with Crippen LogP contribution >= 0.6 is 11.8 Å². The molecule has 1 unspecified atom stereocenters. The van der Waals surface area contributed by atoms with Gasteiger partial charge in [0.05, 0.1) is 11.4 Å². The van der Waals surface area contributed by atoms with Crippen LogP contribution < -0.4 is 14.5 Å². The van der Waals surface area contributed by atoms with Gasteiger partial charge in [0.25, 0.3) is 5.91 Å². The van der Waals surface area contributed by atoms with Crippen LogP contribution in [0.3, 0.4) is 0 Å². The van der Waals surface area contributed by atoms with Gasteiger partial charge in [0.15, 0.2) is 6.61 Å². The minimum Gasteiger partial charge on any atom is -0.482 e. The van der Waals surface area contributed by atoms with Crippen molar-refractivity contribution < 1.29 is 14.3 Å². The molecule has 27 heavy (non-hydrogen) atoms. The molecule has 0 aliphatic carbocycles. The molecule has 140 valence electrons. The monoisotopic (exact) mass is 382 g/mol. The molecule has 2 aromatic rings. The molecule has 2 heterocycles. The Bertz CT molecular complexity index is 870. The van der Waals surface area contributed by atoms with Crippen LogP contribution in [0.5, 0.6) is 5.75 Å². The van der Waals surface area contributed by atoms with E-state index in [1.807, 2.05) is 59.1 Å². The summed E-state index contributed by atoms with van der Waals surface area (Å²) in [6.07, 6.45) is 1.23. The van der Waals surface area contributed by atoms with Gasteiger partial charge in [-0.05, 0) is 30.7 Å². The average Bonchev–Trinajstić information content (AvgIpc) is 2.85. The number of hydrogen-bond acceptors (Lipinski definition) is 4. The number of amides is 2. The van der Waals surface area contributed by atoms with Crippen LogP contribution in [0, 0.1) is 0 Å². The lowest BCUT2D eigenvalue weighted by Crippen LogP contribution is -2.42. The first kappa shape index (κ1) is 17.9. The number of carbonyl (C=O) groups excluding carboxylic acids is 2. The third-order valence-corrected chi connectivity index (χ3v) is 6.14. The Kier molecular flexibility index (Phi) is 5.07. The van der Waals surface area contributed by atoms with Gasteiger partial charge in [-0.15, -0.1) is 11.8 Å². The fourth-order valence-corrected chi connectivity index (χ4v) is 4.60. The normalized spacial score (nSPS) is 19.0. The number of nitrogens with zero attached hydrogens (tertiary/aromatic N) is 2. The van der Waals surface area contributed by atoms with Crippen LogP contribution in [0.4, 0.5) is 11.4 Å². The van der Waals surface area contributed by atoms with E-state index in [9.17, 15) is 9.59 Å². The topological polar surface area (TPSA) is 49.9 Å². The van der Waals surface area contributed by atoms with Crippen molar-refractivity contribution in [3.63, 3.8) is 0 Å². The highest BCUT2D eigenvalue weighted by Gasteiger charge is 2.28. The number of thioether (sulfide) groups is 1. The van der Waals surface area contributed by atoms with Crippen LogP contribution in [-0.2, 0) is 9.59 Å². The summed E-state index contributed by atoms with van der Waals surface area (Å²) in [4.78, 5) is 30.0. The molecule has 2 aliphatic rings. The third-order valence-electron chi connectivity index (χ3n) is 4.90. The van der Waals surface area contributed by atoms with Crippen LogP contribution in [0.15, 0.2) is 53.4 Å². The van der Waals surface area contributed by atoms with Crippen molar-refractivity contribution >= 4 is 35.0 Å². The van der Waals surface area contributed by atoms with E-state index in [1.54, 1.807) is 4.90 Å². The second kappa shape index (κ2) is 7.64. The van der Waals surface area contributed by atoms with Gasteiger partial charge in [-0.3, -0.25) is 9.59 Å². The fraction of sp³-hybridized carbons (Fsp3) is 0.333. The first-order chi connectivity index (χ1) is 13.1. The number of benzene rings is 2. The molecule has 0 saturated carbocycles. The Labute approximate surface area is 163 Å². The van der Waals surface area contributed by atoms with Gasteiger partial charge in [0, 0.05) is 29.7 Å². The SMILES string of the molecule is CC1CCN(C(=O)CCN2C(=O)COc3ccccc32)c2ccccc2S1. The van der Waals surface area contributed by atoms with Crippen LogP contribution in [0.2, 0.25) is 0 Å². The lowest BCUT2D eigenvalue weighted by atomic mass is 10.2. The van der Waals surface area contributed by atoms with E-state index in [2.05, 4.69) is 13.0 Å². The molecule has 0 fully saturated rings. The number of ether oxygens (including phenoxy) is 1. The summed E-state index contributed by atoms with van der Waals surface area (Å²) in [6, 6.07) is 15.5. The minimum absolute atomic E-state index is 0.0197. The summed E-state index contributed by atoms with van der Waals surface area (Å²) in [5.41, 5.74) is 1.72. The molecule has 0 bridgehead atoms. The van der Waals surface area contributed by atoms with E-state index in [4.69, 9.17) is 4.74 Å². The molecule has 0 aromatic heterocycles. The number of para-hydroxylation sites is 3. The molecule has 2 aromatic carbocycles. The van der Waals surface area contributed by atoms with Gasteiger partial charge in [0.2, 0.25) is 5.91 Å². The second-order valence-corrected chi connectivity index (χ2v) is 8.26. The molecular weight excluding hydrogens is 360 g/mol. The Morgan fingerprint density at radius 3 is 2.74 bits per heavy atom. The fourth-order valence-electron chi connectivity index (χ4n) is 3.49. The first-order valence-electron chi connectivity index (χ1n) is 9.22. The Balaban J connectivity index is 1.51. The third kappa shape index (κ3) is 3.67. The number of hydrogen-bond donors (Lipinski definition) is 0. The molecule has 0 spiro atoms. The zero-order valence-electron chi connectivity index (χ0n) is 15.3. The lowest BCUT2D eigenvalue weighted by Gasteiger charge is -2.30. The van der Waals surface area contributed by atoms with Crippen molar-refractivity contribution in [3.05, 3.63) is 48.5 Å². The van der Waals surface area contributed by atoms with Gasteiger partial charge < -0.3 is 14.5 Å². The van der Waals surface area contributed by atoms with Crippen LogP contribution in [-0.4, -0.2) is 36.8 Å². The summed E-state index contributed by atoms with van der Waals surface area (Å²) in [7, 11) is 0. The lowest BCUT2D eigenvalue weighted by molar-refractivity contribution is -0.121. The highest BCUT2D eigenvalue weighted by molar-refractivity contribution is 8.00. The average molecular weight is 382 g/mol. The van der Waals surface area contributed by atoms with E-state index in [-0.39, 0.29) is 24.8 Å². The minimum atomic E-state index is -0.109. The van der Waals surface area contributed by atoms with Crippen molar-refractivity contribution in [2.75, 3.05) is 29.5 Å². The Hall–Kier alpha value is -2.47. The van der Waals surface area contributed by atoms with E-state index >= 15 is 0 Å². The largest absolute Gasteiger partial charge is 0.482 e. The van der Waals surface area contributed by atoms with Crippen molar-refractivity contribution in [2.45, 2.75) is 29.9 Å².